The van der Waals surface area contributed by atoms with E-state index >= 15 is 0 Å². The van der Waals surface area contributed by atoms with Gasteiger partial charge in [-0.25, -0.2) is 0 Å². The molecule has 0 saturated carbocycles. The Balaban J connectivity index is 2.07. The lowest BCUT2D eigenvalue weighted by Gasteiger charge is -2.31. The molecule has 2 rings (SSSR count). The van der Waals surface area contributed by atoms with Crippen LogP contribution in [0, 0.1) is 0 Å². The van der Waals surface area contributed by atoms with Gasteiger partial charge in [0, 0.05) is 17.1 Å². The molecule has 1 aromatic carbocycles. The van der Waals surface area contributed by atoms with E-state index in [1.54, 1.807) is 14.0 Å². The third-order valence-corrected chi connectivity index (χ3v) is 5.47. The topological polar surface area (TPSA) is 94.2 Å². The number of likely N-dealkylation sites (N-methyl/N-ethyl adjacent to an activating group) is 1. The average molecular weight is 359 g/mol. The van der Waals surface area contributed by atoms with Gasteiger partial charge in [0.1, 0.15) is 5.78 Å². The fourth-order valence-corrected chi connectivity index (χ4v) is 2.89. The molecule has 6 heteroatoms. The van der Waals surface area contributed by atoms with E-state index in [0.717, 1.165) is 16.5 Å². The Labute approximate surface area is 154 Å². The van der Waals surface area contributed by atoms with Crippen LogP contribution in [-0.4, -0.2) is 52.9 Å². The molecule has 0 aliphatic carbocycles. The monoisotopic (exact) mass is 359 g/mol. The summed E-state index contributed by atoms with van der Waals surface area (Å²) < 4.78 is 0. The molecular formula is C20H29N3O3. The Bertz CT molecular complexity index is 779. The van der Waals surface area contributed by atoms with Crippen molar-refractivity contribution >= 4 is 22.5 Å². The molecule has 26 heavy (non-hydrogen) atoms. The van der Waals surface area contributed by atoms with E-state index < -0.39 is 11.1 Å². The predicted molar refractivity (Wildman–Crippen MR) is 103 cm³/mol. The van der Waals surface area contributed by atoms with Gasteiger partial charge < -0.3 is 15.4 Å². The number of carbonyl (C=O) groups excluding carboxylic acids is 2. The van der Waals surface area contributed by atoms with Gasteiger partial charge in [-0.3, -0.25) is 14.9 Å². The van der Waals surface area contributed by atoms with Crippen LogP contribution in [0.1, 0.15) is 32.8 Å². The van der Waals surface area contributed by atoms with E-state index in [2.05, 4.69) is 21.7 Å². The average Bonchev–Trinajstić information content (AvgIpc) is 3.06. The minimum Gasteiger partial charge on any atom is -0.394 e. The number of aromatic amines is 1. The number of aromatic nitrogens is 1. The molecule has 4 N–H and O–H groups in total. The maximum absolute atomic E-state index is 12.4. The Morgan fingerprint density at radius 2 is 1.88 bits per heavy atom. The second kappa shape index (κ2) is 8.12. The summed E-state index contributed by atoms with van der Waals surface area (Å²) in [5.74, 6) is -0.192. The van der Waals surface area contributed by atoms with Crippen LogP contribution in [0.3, 0.4) is 0 Å². The number of para-hydroxylation sites is 1. The molecule has 2 atom stereocenters. The van der Waals surface area contributed by atoms with Crippen molar-refractivity contribution < 1.29 is 14.7 Å². The molecule has 0 bridgehead atoms. The minimum absolute atomic E-state index is 0.0136. The highest BCUT2D eigenvalue weighted by Crippen LogP contribution is 2.22. The van der Waals surface area contributed by atoms with Gasteiger partial charge in [-0.15, -0.1) is 0 Å². The molecule has 0 amide bonds. The van der Waals surface area contributed by atoms with Gasteiger partial charge in [0.05, 0.1) is 24.2 Å². The SMILES string of the molecule is CN[C@@](C)(CO)C(=O)CN[C@@](C)(CCc1c[nH]c2ccccc12)C(C)=O. The second-order valence-corrected chi connectivity index (χ2v) is 7.26. The minimum atomic E-state index is -1.01. The number of aryl methyl sites for hydroxylation is 1. The number of benzene rings is 1. The highest BCUT2D eigenvalue weighted by Gasteiger charge is 2.34. The van der Waals surface area contributed by atoms with Crippen LogP contribution < -0.4 is 10.6 Å². The van der Waals surface area contributed by atoms with E-state index in [1.807, 2.05) is 31.3 Å². The lowest BCUT2D eigenvalue weighted by Crippen LogP contribution is -2.58. The second-order valence-electron chi connectivity index (χ2n) is 7.26. The molecule has 2 aromatic rings. The first-order chi connectivity index (χ1) is 12.3. The predicted octanol–water partition coefficient (Wildman–Crippen LogP) is 1.58. The summed E-state index contributed by atoms with van der Waals surface area (Å²) in [7, 11) is 1.63. The first kappa shape index (κ1) is 20.3. The van der Waals surface area contributed by atoms with Gasteiger partial charge in [0.15, 0.2) is 5.78 Å². The van der Waals surface area contributed by atoms with Gasteiger partial charge in [0.2, 0.25) is 0 Å². The van der Waals surface area contributed by atoms with Crippen molar-refractivity contribution in [2.45, 2.75) is 44.7 Å². The van der Waals surface area contributed by atoms with E-state index in [1.165, 1.54) is 6.92 Å². The number of fused-ring (bicyclic) bond motifs is 1. The number of carbonyl (C=O) groups is 2. The highest BCUT2D eigenvalue weighted by atomic mass is 16.3. The van der Waals surface area contributed by atoms with Crippen molar-refractivity contribution in [2.75, 3.05) is 20.2 Å². The van der Waals surface area contributed by atoms with Crippen LogP contribution in [0.15, 0.2) is 30.5 Å². The molecule has 0 unspecified atom stereocenters. The van der Waals surface area contributed by atoms with Gasteiger partial charge >= 0.3 is 0 Å². The Hall–Kier alpha value is -2.02. The molecule has 0 spiro atoms. The molecule has 0 radical (unpaired) electrons. The van der Waals surface area contributed by atoms with Crippen LogP contribution in [0.2, 0.25) is 0 Å². The molecule has 1 aromatic heterocycles. The lowest BCUT2D eigenvalue weighted by atomic mass is 9.88. The van der Waals surface area contributed by atoms with E-state index in [0.29, 0.717) is 12.8 Å². The number of ketones is 2. The Morgan fingerprint density at radius 3 is 2.50 bits per heavy atom. The fourth-order valence-electron chi connectivity index (χ4n) is 2.89. The van der Waals surface area contributed by atoms with Gasteiger partial charge in [-0.1, -0.05) is 18.2 Å². The fraction of sp³-hybridized carbons (Fsp3) is 0.500. The molecule has 0 fully saturated rings. The third kappa shape index (κ3) is 4.20. The first-order valence-electron chi connectivity index (χ1n) is 8.90. The number of H-pyrrole nitrogens is 1. The van der Waals surface area contributed by atoms with Gasteiger partial charge in [-0.2, -0.15) is 0 Å². The molecular weight excluding hydrogens is 330 g/mol. The Morgan fingerprint density at radius 1 is 1.19 bits per heavy atom. The van der Waals surface area contributed by atoms with Crippen molar-refractivity contribution in [3.8, 4) is 0 Å². The number of hydrogen-bond donors (Lipinski definition) is 4. The summed E-state index contributed by atoms with van der Waals surface area (Å²) >= 11 is 0. The normalized spacial score (nSPS) is 16.2. The third-order valence-electron chi connectivity index (χ3n) is 5.47. The zero-order valence-electron chi connectivity index (χ0n) is 16.0. The summed E-state index contributed by atoms with van der Waals surface area (Å²) in [6, 6.07) is 8.06. The molecule has 1 heterocycles. The molecule has 142 valence electrons. The number of hydrogen-bond acceptors (Lipinski definition) is 5. The zero-order chi connectivity index (χ0) is 19.4. The smallest absolute Gasteiger partial charge is 0.168 e. The molecule has 0 aliphatic rings. The van der Waals surface area contributed by atoms with Crippen LogP contribution in [-0.2, 0) is 16.0 Å². The number of aliphatic hydroxyl groups excluding tert-OH is 1. The number of nitrogens with one attached hydrogen (secondary N) is 3. The largest absolute Gasteiger partial charge is 0.394 e. The van der Waals surface area contributed by atoms with Crippen LogP contribution in [0.4, 0.5) is 0 Å². The zero-order valence-corrected chi connectivity index (χ0v) is 16.0. The highest BCUT2D eigenvalue weighted by molar-refractivity contribution is 5.91. The summed E-state index contributed by atoms with van der Waals surface area (Å²) in [6.07, 6.45) is 3.26. The van der Waals surface area contributed by atoms with Crippen molar-refractivity contribution in [2.24, 2.45) is 0 Å². The van der Waals surface area contributed by atoms with Crippen LogP contribution >= 0.6 is 0 Å². The van der Waals surface area contributed by atoms with Gasteiger partial charge in [0.25, 0.3) is 0 Å². The van der Waals surface area contributed by atoms with E-state index in [-0.39, 0.29) is 24.7 Å². The van der Waals surface area contributed by atoms with Crippen molar-refractivity contribution in [1.82, 2.24) is 15.6 Å². The van der Waals surface area contributed by atoms with Crippen molar-refractivity contribution in [3.05, 3.63) is 36.0 Å². The van der Waals surface area contributed by atoms with E-state index in [9.17, 15) is 14.7 Å². The molecule has 0 saturated heterocycles. The van der Waals surface area contributed by atoms with Gasteiger partial charge in [-0.05, 0) is 52.3 Å². The molecule has 6 nitrogen and oxygen atoms in total. The van der Waals surface area contributed by atoms with E-state index in [4.69, 9.17) is 0 Å². The standard InChI is InChI=1S/C20H29N3O3/c1-14(25)19(2,23-12-18(26)20(3,13-24)21-4)10-9-15-11-22-17-8-6-5-7-16(15)17/h5-8,11,21-24H,9-10,12-13H2,1-4H3/t19-,20-/m0/s1. The number of Topliss-reactive ketones (excluding diaryl/α,β-unsaturated/α-hetero) is 2. The maximum Gasteiger partial charge on any atom is 0.168 e. The Kier molecular flexibility index (Phi) is 6.34. The quantitative estimate of drug-likeness (QED) is 0.517. The summed E-state index contributed by atoms with van der Waals surface area (Å²) in [5.41, 5.74) is 0.402. The summed E-state index contributed by atoms with van der Waals surface area (Å²) in [5, 5.41) is 16.6. The van der Waals surface area contributed by atoms with Crippen molar-refractivity contribution in [1.29, 1.82) is 0 Å². The summed E-state index contributed by atoms with van der Waals surface area (Å²) in [6.45, 7) is 4.73. The first-order valence-corrected chi connectivity index (χ1v) is 8.90. The lowest BCUT2D eigenvalue weighted by molar-refractivity contribution is -0.127. The van der Waals surface area contributed by atoms with Crippen LogP contribution in [0.25, 0.3) is 10.9 Å². The van der Waals surface area contributed by atoms with Crippen LogP contribution in [0.5, 0.6) is 0 Å². The number of rotatable bonds is 10. The maximum atomic E-state index is 12.4. The number of aliphatic hydroxyl groups is 1. The molecule has 0 aliphatic heterocycles. The summed E-state index contributed by atoms with van der Waals surface area (Å²) in [4.78, 5) is 27.9. The van der Waals surface area contributed by atoms with Crippen molar-refractivity contribution in [3.63, 3.8) is 0 Å².